The Hall–Kier alpha value is -4.54. The standard InChI is InChI=1S/C25H26FN7O3/c1-14(2)21-11-23(33(32-21)17-9-16(26)12-28-13-17)31-25(35)30-20-5-4-18(8-15(20)3)36-19-6-7-29-22(10-19)24(27)34/h4-7,9-15H,8H2,1-3H3,(H2,27,34)(H2,30,31,35). The van der Waals surface area contributed by atoms with Gasteiger partial charge >= 0.3 is 6.03 Å². The van der Waals surface area contributed by atoms with Crippen LogP contribution in [0.4, 0.5) is 15.0 Å². The van der Waals surface area contributed by atoms with Crippen LogP contribution in [0, 0.1) is 11.7 Å². The Kier molecular flexibility index (Phi) is 7.09. The van der Waals surface area contributed by atoms with E-state index in [-0.39, 0.29) is 17.5 Å². The first-order valence-corrected chi connectivity index (χ1v) is 11.3. The number of allylic oxidation sites excluding steroid dienone is 4. The molecule has 3 amide bonds. The van der Waals surface area contributed by atoms with Crippen molar-refractivity contribution < 1.29 is 18.7 Å². The maximum atomic E-state index is 13.7. The van der Waals surface area contributed by atoms with Crippen molar-refractivity contribution >= 4 is 17.8 Å². The summed E-state index contributed by atoms with van der Waals surface area (Å²) in [4.78, 5) is 31.9. The summed E-state index contributed by atoms with van der Waals surface area (Å²) in [5.74, 6) is 0.383. The Morgan fingerprint density at radius 1 is 1.19 bits per heavy atom. The molecule has 3 aromatic heterocycles. The molecule has 1 atom stereocenters. The van der Waals surface area contributed by atoms with E-state index in [9.17, 15) is 14.0 Å². The molecule has 186 valence electrons. The summed E-state index contributed by atoms with van der Waals surface area (Å²) in [5, 5.41) is 10.2. The Morgan fingerprint density at radius 3 is 2.69 bits per heavy atom. The molecule has 0 saturated heterocycles. The van der Waals surface area contributed by atoms with Gasteiger partial charge in [0.2, 0.25) is 0 Å². The number of nitrogens with two attached hydrogens (primary N) is 1. The third-order valence-corrected chi connectivity index (χ3v) is 5.47. The van der Waals surface area contributed by atoms with Crippen molar-refractivity contribution in [1.29, 1.82) is 0 Å². The van der Waals surface area contributed by atoms with Crippen LogP contribution in [0.1, 0.15) is 49.3 Å². The number of ether oxygens (including phenoxy) is 1. The topological polar surface area (TPSA) is 137 Å². The van der Waals surface area contributed by atoms with Crippen LogP contribution >= 0.6 is 0 Å². The number of hydrogen-bond donors (Lipinski definition) is 3. The lowest BCUT2D eigenvalue weighted by Gasteiger charge is -2.22. The predicted octanol–water partition coefficient (Wildman–Crippen LogP) is 4.03. The van der Waals surface area contributed by atoms with Gasteiger partial charge < -0.3 is 15.8 Å². The molecule has 0 spiro atoms. The second kappa shape index (κ2) is 10.4. The highest BCUT2D eigenvalue weighted by atomic mass is 19.1. The maximum absolute atomic E-state index is 13.7. The molecular weight excluding hydrogens is 465 g/mol. The first-order chi connectivity index (χ1) is 17.2. The van der Waals surface area contributed by atoms with E-state index in [4.69, 9.17) is 10.5 Å². The van der Waals surface area contributed by atoms with Crippen LogP contribution in [0.5, 0.6) is 5.75 Å². The number of nitrogens with zero attached hydrogens (tertiary/aromatic N) is 4. The van der Waals surface area contributed by atoms with Crippen LogP contribution in [-0.4, -0.2) is 31.7 Å². The minimum atomic E-state index is -0.639. The fourth-order valence-corrected chi connectivity index (χ4v) is 3.59. The molecule has 4 rings (SSSR count). The van der Waals surface area contributed by atoms with Crippen LogP contribution in [0.25, 0.3) is 5.69 Å². The minimum absolute atomic E-state index is 0.0586. The largest absolute Gasteiger partial charge is 0.462 e. The third kappa shape index (κ3) is 5.74. The lowest BCUT2D eigenvalue weighted by Crippen LogP contribution is -2.32. The highest BCUT2D eigenvalue weighted by molar-refractivity contribution is 5.91. The summed E-state index contributed by atoms with van der Waals surface area (Å²) >= 11 is 0. The molecule has 1 aliphatic carbocycles. The normalized spacial score (nSPS) is 15.2. The van der Waals surface area contributed by atoms with Crippen LogP contribution in [0.2, 0.25) is 0 Å². The zero-order valence-corrected chi connectivity index (χ0v) is 20.0. The number of carbonyl (C=O) groups is 2. The van der Waals surface area contributed by atoms with Crippen molar-refractivity contribution in [3.05, 3.63) is 83.7 Å². The summed E-state index contributed by atoms with van der Waals surface area (Å²) in [6, 6.07) is 5.68. The molecule has 0 fully saturated rings. The van der Waals surface area contributed by atoms with Crippen molar-refractivity contribution in [2.24, 2.45) is 11.7 Å². The number of hydrogen-bond acceptors (Lipinski definition) is 6. The second-order valence-electron chi connectivity index (χ2n) is 8.66. The van der Waals surface area contributed by atoms with Gasteiger partial charge in [-0.3, -0.25) is 20.1 Å². The number of urea groups is 1. The van der Waals surface area contributed by atoms with E-state index in [0.717, 1.165) is 11.9 Å². The van der Waals surface area contributed by atoms with Gasteiger partial charge in [-0.15, -0.1) is 0 Å². The molecule has 1 aliphatic rings. The molecule has 0 radical (unpaired) electrons. The van der Waals surface area contributed by atoms with Crippen LogP contribution in [0.3, 0.4) is 0 Å². The van der Waals surface area contributed by atoms with Gasteiger partial charge in [0.25, 0.3) is 5.91 Å². The van der Waals surface area contributed by atoms with E-state index < -0.39 is 17.8 Å². The van der Waals surface area contributed by atoms with Gasteiger partial charge in [0.05, 0.1) is 23.8 Å². The Morgan fingerprint density at radius 2 is 2.00 bits per heavy atom. The summed E-state index contributed by atoms with van der Waals surface area (Å²) < 4.78 is 21.0. The maximum Gasteiger partial charge on any atom is 0.324 e. The lowest BCUT2D eigenvalue weighted by atomic mass is 9.97. The second-order valence-corrected chi connectivity index (χ2v) is 8.66. The molecule has 0 aromatic carbocycles. The van der Waals surface area contributed by atoms with Gasteiger partial charge in [-0.05, 0) is 24.1 Å². The number of carbonyl (C=O) groups excluding carboxylic acids is 2. The smallest absolute Gasteiger partial charge is 0.324 e. The summed E-state index contributed by atoms with van der Waals surface area (Å²) in [6.45, 7) is 5.90. The van der Waals surface area contributed by atoms with E-state index in [1.54, 1.807) is 24.3 Å². The monoisotopic (exact) mass is 491 g/mol. The molecule has 1 unspecified atom stereocenters. The van der Waals surface area contributed by atoms with Gasteiger partial charge in [-0.25, -0.2) is 13.9 Å². The number of aromatic nitrogens is 4. The van der Waals surface area contributed by atoms with Crippen molar-refractivity contribution in [3.63, 3.8) is 0 Å². The molecule has 3 aromatic rings. The SMILES string of the molecule is CC1CC(Oc2ccnc(C(N)=O)c2)=CC=C1NC(=O)Nc1cc(C(C)C)nn1-c1cncc(F)c1. The van der Waals surface area contributed by atoms with Crippen LogP contribution < -0.4 is 21.1 Å². The average molecular weight is 492 g/mol. The molecular formula is C25H26FN7O3. The predicted molar refractivity (Wildman–Crippen MR) is 131 cm³/mol. The summed E-state index contributed by atoms with van der Waals surface area (Å²) in [7, 11) is 0. The van der Waals surface area contributed by atoms with Gasteiger partial charge in [-0.2, -0.15) is 5.10 Å². The third-order valence-electron chi connectivity index (χ3n) is 5.47. The first-order valence-electron chi connectivity index (χ1n) is 11.3. The van der Waals surface area contributed by atoms with E-state index >= 15 is 0 Å². The minimum Gasteiger partial charge on any atom is -0.462 e. The highest BCUT2D eigenvalue weighted by Gasteiger charge is 2.21. The number of pyridine rings is 2. The number of halogens is 1. The van der Waals surface area contributed by atoms with Crippen LogP contribution in [-0.2, 0) is 0 Å². The first kappa shape index (κ1) is 24.6. The van der Waals surface area contributed by atoms with Crippen molar-refractivity contribution in [3.8, 4) is 11.4 Å². The van der Waals surface area contributed by atoms with Crippen molar-refractivity contribution in [1.82, 2.24) is 25.1 Å². The Balaban J connectivity index is 1.47. The molecule has 36 heavy (non-hydrogen) atoms. The molecule has 3 heterocycles. The number of anilines is 1. The number of nitrogens with one attached hydrogen (secondary N) is 2. The quantitative estimate of drug-likeness (QED) is 0.456. The number of amides is 3. The number of primary amides is 1. The summed E-state index contributed by atoms with van der Waals surface area (Å²) in [6.07, 6.45) is 8.04. The fourth-order valence-electron chi connectivity index (χ4n) is 3.59. The van der Waals surface area contributed by atoms with Gasteiger partial charge in [0, 0.05) is 42.4 Å². The lowest BCUT2D eigenvalue weighted by molar-refractivity contribution is 0.0995. The van der Waals surface area contributed by atoms with Crippen molar-refractivity contribution in [2.75, 3.05) is 5.32 Å². The molecule has 10 nitrogen and oxygen atoms in total. The number of rotatable bonds is 7. The summed E-state index contributed by atoms with van der Waals surface area (Å²) in [5.41, 5.74) is 7.20. The zero-order valence-electron chi connectivity index (χ0n) is 20.0. The Bertz CT molecular complexity index is 1360. The van der Waals surface area contributed by atoms with E-state index in [2.05, 4.69) is 25.7 Å². The van der Waals surface area contributed by atoms with Gasteiger partial charge in [0.15, 0.2) is 0 Å². The molecule has 0 bridgehead atoms. The molecule has 11 heteroatoms. The average Bonchev–Trinajstić information content (AvgIpc) is 3.25. The Labute approximate surface area is 207 Å². The van der Waals surface area contributed by atoms with Crippen LogP contribution in [0.15, 0.2) is 66.5 Å². The van der Waals surface area contributed by atoms with E-state index in [1.807, 2.05) is 20.8 Å². The molecule has 4 N–H and O–H groups in total. The van der Waals surface area contributed by atoms with E-state index in [0.29, 0.717) is 35.1 Å². The molecule has 0 aliphatic heterocycles. The highest BCUT2D eigenvalue weighted by Crippen LogP contribution is 2.27. The molecule has 0 saturated carbocycles. The van der Waals surface area contributed by atoms with E-state index in [1.165, 1.54) is 29.2 Å². The fraction of sp³-hybridized carbons (Fsp3) is 0.240. The van der Waals surface area contributed by atoms with Gasteiger partial charge in [-0.1, -0.05) is 20.8 Å². The van der Waals surface area contributed by atoms with Crippen molar-refractivity contribution in [2.45, 2.75) is 33.1 Å². The zero-order chi connectivity index (χ0) is 25.8. The van der Waals surface area contributed by atoms with Gasteiger partial charge in [0.1, 0.15) is 28.8 Å².